The molecule has 0 fully saturated rings. The summed E-state index contributed by atoms with van der Waals surface area (Å²) in [4.78, 5) is 11.1. The van der Waals surface area contributed by atoms with Crippen LogP contribution in [0.4, 0.5) is 4.39 Å². The summed E-state index contributed by atoms with van der Waals surface area (Å²) in [6.07, 6.45) is 0. The van der Waals surface area contributed by atoms with Gasteiger partial charge >= 0.3 is 5.97 Å². The average molecular weight is 182 g/mol. The number of hydrogen-bond acceptors (Lipinski definition) is 2. The van der Waals surface area contributed by atoms with E-state index < -0.39 is 11.8 Å². The van der Waals surface area contributed by atoms with Gasteiger partial charge in [-0.05, 0) is 31.0 Å². The van der Waals surface area contributed by atoms with Crippen LogP contribution in [0.5, 0.6) is 0 Å². The van der Waals surface area contributed by atoms with Gasteiger partial charge in [-0.2, -0.15) is 0 Å². The van der Waals surface area contributed by atoms with Crippen molar-refractivity contribution in [3.63, 3.8) is 0 Å². The van der Waals surface area contributed by atoms with E-state index in [4.69, 9.17) is 0 Å². The van der Waals surface area contributed by atoms with E-state index >= 15 is 0 Å². The number of halogens is 1. The number of carbonyl (C=O) groups is 1. The van der Waals surface area contributed by atoms with Crippen LogP contribution in [0.25, 0.3) is 0 Å². The first kappa shape index (κ1) is 9.71. The minimum absolute atomic E-state index is 0.0301. The van der Waals surface area contributed by atoms with Gasteiger partial charge in [-0.15, -0.1) is 0 Å². The van der Waals surface area contributed by atoms with E-state index in [0.717, 1.165) is 5.56 Å². The fraction of sp³-hybridized carbons (Fsp3) is 0.300. The predicted octanol–water partition coefficient (Wildman–Crippen LogP) is 2.23. The molecular weight excluding hydrogens is 171 g/mol. The Morgan fingerprint density at radius 3 is 2.54 bits per heavy atom. The number of aryl methyl sites for hydroxylation is 1. The molecule has 1 aromatic rings. The maximum Gasteiger partial charge on any atom is 0.341 e. The van der Waals surface area contributed by atoms with Crippen LogP contribution in [0.15, 0.2) is 12.1 Å². The molecular formula is C10H11FO2. The van der Waals surface area contributed by atoms with Crippen molar-refractivity contribution in [3.05, 3.63) is 34.6 Å². The van der Waals surface area contributed by atoms with E-state index in [9.17, 15) is 9.18 Å². The summed E-state index contributed by atoms with van der Waals surface area (Å²) in [6.45, 7) is 3.52. The van der Waals surface area contributed by atoms with E-state index in [0.29, 0.717) is 5.56 Å². The normalized spacial score (nSPS) is 9.85. The van der Waals surface area contributed by atoms with E-state index in [-0.39, 0.29) is 5.56 Å². The number of esters is 1. The van der Waals surface area contributed by atoms with E-state index in [1.807, 2.05) is 6.92 Å². The van der Waals surface area contributed by atoms with Gasteiger partial charge in [0.15, 0.2) is 0 Å². The topological polar surface area (TPSA) is 26.3 Å². The highest BCUT2D eigenvalue weighted by molar-refractivity contribution is 5.91. The molecule has 13 heavy (non-hydrogen) atoms. The van der Waals surface area contributed by atoms with Crippen molar-refractivity contribution in [2.45, 2.75) is 13.8 Å². The summed E-state index contributed by atoms with van der Waals surface area (Å²) in [5.74, 6) is -1.16. The smallest absolute Gasteiger partial charge is 0.341 e. The Kier molecular flexibility index (Phi) is 2.66. The molecule has 0 aliphatic carbocycles. The standard InChI is InChI=1S/C10H11FO2/c1-6-4-5-8(11)9(7(6)2)10(12)13-3/h4-5H,1-3H3. The maximum absolute atomic E-state index is 13.2. The monoisotopic (exact) mass is 182 g/mol. The summed E-state index contributed by atoms with van der Waals surface area (Å²) >= 11 is 0. The van der Waals surface area contributed by atoms with Crippen molar-refractivity contribution < 1.29 is 13.9 Å². The lowest BCUT2D eigenvalue weighted by molar-refractivity contribution is 0.0594. The zero-order valence-corrected chi connectivity index (χ0v) is 7.85. The number of carbonyl (C=O) groups excluding carboxylic acids is 1. The summed E-state index contributed by atoms with van der Waals surface area (Å²) in [6, 6.07) is 2.91. The highest BCUT2D eigenvalue weighted by atomic mass is 19.1. The molecule has 0 atom stereocenters. The van der Waals surface area contributed by atoms with Crippen LogP contribution in [0.1, 0.15) is 21.5 Å². The largest absolute Gasteiger partial charge is 0.465 e. The summed E-state index contributed by atoms with van der Waals surface area (Å²) < 4.78 is 17.6. The summed E-state index contributed by atoms with van der Waals surface area (Å²) in [7, 11) is 1.24. The number of hydrogen-bond donors (Lipinski definition) is 0. The van der Waals surface area contributed by atoms with Crippen LogP contribution in [0.2, 0.25) is 0 Å². The summed E-state index contributed by atoms with van der Waals surface area (Å²) in [5, 5.41) is 0. The van der Waals surface area contributed by atoms with Crippen LogP contribution >= 0.6 is 0 Å². The third-order valence-electron chi connectivity index (χ3n) is 2.07. The molecule has 1 rings (SSSR count). The second-order valence-corrected chi connectivity index (χ2v) is 2.86. The predicted molar refractivity (Wildman–Crippen MR) is 47.2 cm³/mol. The molecule has 0 heterocycles. The van der Waals surface area contributed by atoms with Crippen LogP contribution in [0.3, 0.4) is 0 Å². The minimum atomic E-state index is -0.626. The van der Waals surface area contributed by atoms with Gasteiger partial charge in [-0.25, -0.2) is 9.18 Å². The molecule has 0 unspecified atom stereocenters. The molecule has 0 aliphatic heterocycles. The first-order chi connectivity index (χ1) is 6.07. The highest BCUT2D eigenvalue weighted by Gasteiger charge is 2.15. The van der Waals surface area contributed by atoms with Crippen molar-refractivity contribution in [1.29, 1.82) is 0 Å². The molecule has 0 aromatic heterocycles. The van der Waals surface area contributed by atoms with Crippen molar-refractivity contribution in [2.75, 3.05) is 7.11 Å². The molecule has 0 aliphatic rings. The molecule has 2 nitrogen and oxygen atoms in total. The molecule has 0 radical (unpaired) electrons. The number of ether oxygens (including phenoxy) is 1. The van der Waals surface area contributed by atoms with Crippen LogP contribution in [0, 0.1) is 19.7 Å². The van der Waals surface area contributed by atoms with Crippen molar-refractivity contribution >= 4 is 5.97 Å². The minimum Gasteiger partial charge on any atom is -0.465 e. The first-order valence-corrected chi connectivity index (χ1v) is 3.92. The van der Waals surface area contributed by atoms with Gasteiger partial charge in [0.05, 0.1) is 12.7 Å². The maximum atomic E-state index is 13.2. The van der Waals surface area contributed by atoms with Crippen molar-refractivity contribution in [1.82, 2.24) is 0 Å². The molecule has 0 amide bonds. The first-order valence-electron chi connectivity index (χ1n) is 3.92. The fourth-order valence-corrected chi connectivity index (χ4v) is 1.14. The van der Waals surface area contributed by atoms with Gasteiger partial charge in [0.25, 0.3) is 0 Å². The molecule has 70 valence electrons. The zero-order chi connectivity index (χ0) is 10.0. The highest BCUT2D eigenvalue weighted by Crippen LogP contribution is 2.17. The number of rotatable bonds is 1. The lowest BCUT2D eigenvalue weighted by Gasteiger charge is -2.07. The molecule has 0 spiro atoms. The van der Waals surface area contributed by atoms with Gasteiger partial charge in [0.1, 0.15) is 5.82 Å². The van der Waals surface area contributed by atoms with Gasteiger partial charge in [0, 0.05) is 0 Å². The van der Waals surface area contributed by atoms with Gasteiger partial charge < -0.3 is 4.74 Å². The van der Waals surface area contributed by atoms with Crippen LogP contribution in [-0.2, 0) is 4.74 Å². The molecule has 0 bridgehead atoms. The molecule has 1 aromatic carbocycles. The second kappa shape index (κ2) is 3.56. The van der Waals surface area contributed by atoms with E-state index in [2.05, 4.69) is 4.74 Å². The Labute approximate surface area is 76.3 Å². The van der Waals surface area contributed by atoms with Gasteiger partial charge in [0.2, 0.25) is 0 Å². The average Bonchev–Trinajstić information content (AvgIpc) is 2.12. The Bertz CT molecular complexity index is 345. The van der Waals surface area contributed by atoms with E-state index in [1.54, 1.807) is 13.0 Å². The lowest BCUT2D eigenvalue weighted by Crippen LogP contribution is -2.07. The van der Waals surface area contributed by atoms with Crippen LogP contribution < -0.4 is 0 Å². The second-order valence-electron chi connectivity index (χ2n) is 2.86. The molecule has 3 heteroatoms. The Morgan fingerprint density at radius 1 is 1.38 bits per heavy atom. The molecule has 0 N–H and O–H groups in total. The van der Waals surface area contributed by atoms with Crippen molar-refractivity contribution in [2.24, 2.45) is 0 Å². The molecule has 0 saturated heterocycles. The van der Waals surface area contributed by atoms with Crippen LogP contribution in [-0.4, -0.2) is 13.1 Å². The third-order valence-corrected chi connectivity index (χ3v) is 2.07. The SMILES string of the molecule is COC(=O)c1c(F)ccc(C)c1C. The number of benzene rings is 1. The van der Waals surface area contributed by atoms with Gasteiger partial charge in [-0.3, -0.25) is 0 Å². The zero-order valence-electron chi connectivity index (χ0n) is 7.85. The Balaban J connectivity index is 3.33. The van der Waals surface area contributed by atoms with E-state index in [1.165, 1.54) is 13.2 Å². The third kappa shape index (κ3) is 1.69. The quantitative estimate of drug-likeness (QED) is 0.622. The Hall–Kier alpha value is -1.38. The molecule has 0 saturated carbocycles. The van der Waals surface area contributed by atoms with Crippen molar-refractivity contribution in [3.8, 4) is 0 Å². The van der Waals surface area contributed by atoms with Gasteiger partial charge in [-0.1, -0.05) is 6.07 Å². The summed E-state index contributed by atoms with van der Waals surface area (Å²) in [5.41, 5.74) is 1.54. The lowest BCUT2D eigenvalue weighted by atomic mass is 10.0. The Morgan fingerprint density at radius 2 is 2.00 bits per heavy atom. The fourth-order valence-electron chi connectivity index (χ4n) is 1.14. The number of methoxy groups -OCH3 is 1.